The summed E-state index contributed by atoms with van der Waals surface area (Å²) >= 11 is 0. The maximum atomic E-state index is 13.1. The second kappa shape index (κ2) is 76.5. The van der Waals surface area contributed by atoms with Gasteiger partial charge in [0.05, 0.1) is 26.4 Å². The molecule has 0 aromatic rings. The number of phosphoric ester groups is 2. The van der Waals surface area contributed by atoms with E-state index in [2.05, 4.69) is 112 Å². The number of allylic oxidation sites excluding steroid dienone is 18. The van der Waals surface area contributed by atoms with Crippen LogP contribution in [0.2, 0.25) is 0 Å². The van der Waals surface area contributed by atoms with Crippen molar-refractivity contribution in [2.24, 2.45) is 0 Å². The highest BCUT2D eigenvalue weighted by molar-refractivity contribution is 7.47. The molecular formula is C83H144O17P2. The van der Waals surface area contributed by atoms with Crippen molar-refractivity contribution in [3.63, 3.8) is 0 Å². The van der Waals surface area contributed by atoms with Gasteiger partial charge in [-0.2, -0.15) is 0 Å². The molecule has 17 nitrogen and oxygen atoms in total. The molecule has 0 fully saturated rings. The molecule has 0 bridgehead atoms. The average molecular weight is 1480 g/mol. The number of carbonyl (C=O) groups excluding carboxylic acids is 4. The van der Waals surface area contributed by atoms with Gasteiger partial charge in [-0.3, -0.25) is 32.5 Å². The second-order valence-corrected chi connectivity index (χ2v) is 29.5. The number of aliphatic hydroxyl groups is 1. The fraction of sp³-hybridized carbons (Fsp3) is 0.735. The third-order valence-corrected chi connectivity index (χ3v) is 18.6. The van der Waals surface area contributed by atoms with E-state index in [9.17, 15) is 43.2 Å². The number of hydrogen-bond acceptors (Lipinski definition) is 15. The van der Waals surface area contributed by atoms with Crippen molar-refractivity contribution in [1.29, 1.82) is 0 Å². The number of rotatable bonds is 77. The largest absolute Gasteiger partial charge is 0.472 e. The SMILES string of the molecule is CCCCC/C=C\C/C=C\C/C=C\C/C=C\CCCC(=O)OC[C@H](COP(=O)(O)OC[C@@H](O)COP(=O)(O)OC[C@@H](COC(=O)CCC/C=C\C/C=C\C/C=C\C/C=C\CCCCC)OC(=O)CCCCCCCCCCCCCCC)OCCCCCCCCC/C=C\CCCCCCC=O. The molecule has 0 heterocycles. The molecule has 19 heteroatoms. The Hall–Kier alpha value is -4.12. The highest BCUT2D eigenvalue weighted by Gasteiger charge is 2.30. The molecule has 0 rings (SSSR count). The molecule has 0 saturated carbocycles. The molecule has 2 unspecified atom stereocenters. The quantitative estimate of drug-likeness (QED) is 0.0128. The predicted octanol–water partition coefficient (Wildman–Crippen LogP) is 23.0. The Bertz CT molecular complexity index is 2330. The Morgan fingerprint density at radius 2 is 0.588 bits per heavy atom. The Balaban J connectivity index is 5.36. The minimum atomic E-state index is -4.96. The van der Waals surface area contributed by atoms with Crippen LogP contribution in [0.1, 0.15) is 329 Å². The van der Waals surface area contributed by atoms with Crippen LogP contribution in [0.5, 0.6) is 0 Å². The number of aldehydes is 1. The number of aliphatic hydroxyl groups excluding tert-OH is 1. The third kappa shape index (κ3) is 75.6. The van der Waals surface area contributed by atoms with E-state index in [4.69, 9.17) is 37.0 Å². The lowest BCUT2D eigenvalue weighted by Gasteiger charge is -2.21. The van der Waals surface area contributed by atoms with Crippen molar-refractivity contribution in [3.8, 4) is 0 Å². The van der Waals surface area contributed by atoms with Gasteiger partial charge in [-0.15, -0.1) is 0 Å². The second-order valence-electron chi connectivity index (χ2n) is 26.6. The highest BCUT2D eigenvalue weighted by Crippen LogP contribution is 2.45. The number of hydrogen-bond donors (Lipinski definition) is 3. The first kappa shape index (κ1) is 97.9. The van der Waals surface area contributed by atoms with Crippen LogP contribution < -0.4 is 0 Å². The molecule has 0 aromatic heterocycles. The molecule has 0 aromatic carbocycles. The summed E-state index contributed by atoms with van der Waals surface area (Å²) < 4.78 is 69.2. The summed E-state index contributed by atoms with van der Waals surface area (Å²) in [6.07, 6.45) is 82.9. The molecule has 5 atom stereocenters. The maximum absolute atomic E-state index is 13.1. The average Bonchev–Trinajstić information content (AvgIpc) is 0.927. The monoisotopic (exact) mass is 1470 g/mol. The van der Waals surface area contributed by atoms with E-state index in [1.54, 1.807) is 0 Å². The Labute approximate surface area is 619 Å². The molecule has 0 aliphatic rings. The number of ether oxygens (including phenoxy) is 4. The summed E-state index contributed by atoms with van der Waals surface area (Å²) in [5.41, 5.74) is 0. The summed E-state index contributed by atoms with van der Waals surface area (Å²) in [4.78, 5) is 70.4. The summed E-state index contributed by atoms with van der Waals surface area (Å²) in [7, 11) is -9.83. The van der Waals surface area contributed by atoms with Crippen molar-refractivity contribution in [2.75, 3.05) is 46.2 Å². The fourth-order valence-electron chi connectivity index (χ4n) is 10.6. The lowest BCUT2D eigenvalue weighted by molar-refractivity contribution is -0.161. The zero-order valence-electron chi connectivity index (χ0n) is 64.0. The third-order valence-electron chi connectivity index (χ3n) is 16.7. The molecular weight excluding hydrogens is 1330 g/mol. The topological polar surface area (TPSA) is 237 Å². The lowest BCUT2D eigenvalue weighted by Crippen LogP contribution is -2.30. The normalized spacial score (nSPS) is 14.5. The van der Waals surface area contributed by atoms with Crippen molar-refractivity contribution >= 4 is 39.8 Å². The standard InChI is InChI=1S/C83H144O17P2/c1-4-7-10-13-16-19-22-25-27-29-33-38-42-47-52-57-62-67-81(86)94-74-79(93-71-66-61-56-51-46-41-36-32-31-35-40-45-50-55-60-65-70-84)76-98-101(89,90)96-72-78(85)73-97-102(91,92)99-77-80(100-83(88)69-64-59-54-49-44-37-24-21-18-15-12-9-6-3)75-95-82(87)68-63-58-53-48-43-39-34-30-28-26-23-20-17-14-11-8-5-2/h16-17,19-20,25-28,31,33-35,38-39,47-48,52-53,70,78-80,85H,4-15,18,21-24,29-30,32,36-37,40-46,49-51,54-69,71-77H2,1-3H3,(H,89,90)(H,91,92)/b19-16-,20-17-,27-25-,28-26-,35-31-,38-33-,39-34-,52-47-,53-48-/t78-,79-,80-/m1/s1. The van der Waals surface area contributed by atoms with Gasteiger partial charge >= 0.3 is 33.6 Å². The van der Waals surface area contributed by atoms with Gasteiger partial charge in [-0.05, 0) is 135 Å². The van der Waals surface area contributed by atoms with Crippen LogP contribution in [0.15, 0.2) is 109 Å². The minimum absolute atomic E-state index is 0.0958. The summed E-state index contributed by atoms with van der Waals surface area (Å²) in [6, 6.07) is 0. The molecule has 0 aliphatic heterocycles. The van der Waals surface area contributed by atoms with Gasteiger partial charge in [-0.25, -0.2) is 9.13 Å². The van der Waals surface area contributed by atoms with E-state index in [0.29, 0.717) is 44.9 Å². The number of unbranched alkanes of at least 4 members (excludes halogenated alkanes) is 32. The van der Waals surface area contributed by atoms with Crippen LogP contribution >= 0.6 is 15.6 Å². The maximum Gasteiger partial charge on any atom is 0.472 e. The van der Waals surface area contributed by atoms with Crippen LogP contribution in [0.3, 0.4) is 0 Å². The van der Waals surface area contributed by atoms with Gasteiger partial charge in [0, 0.05) is 32.3 Å². The van der Waals surface area contributed by atoms with Gasteiger partial charge < -0.3 is 38.6 Å². The molecule has 0 aliphatic carbocycles. The molecule has 0 amide bonds. The molecule has 0 spiro atoms. The molecule has 102 heavy (non-hydrogen) atoms. The zero-order valence-corrected chi connectivity index (χ0v) is 65.8. The van der Waals surface area contributed by atoms with Gasteiger partial charge in [0.15, 0.2) is 6.10 Å². The van der Waals surface area contributed by atoms with E-state index in [1.165, 1.54) is 89.9 Å². The van der Waals surface area contributed by atoms with Crippen molar-refractivity contribution < 1.29 is 80.2 Å². The van der Waals surface area contributed by atoms with Crippen LogP contribution in [-0.2, 0) is 65.4 Å². The summed E-state index contributed by atoms with van der Waals surface area (Å²) in [5, 5.41) is 10.6. The Kier molecular flexibility index (Phi) is 73.4. The van der Waals surface area contributed by atoms with E-state index >= 15 is 0 Å². The van der Waals surface area contributed by atoms with E-state index in [-0.39, 0.29) is 32.5 Å². The zero-order chi connectivity index (χ0) is 74.4. The van der Waals surface area contributed by atoms with Crippen LogP contribution in [0.25, 0.3) is 0 Å². The summed E-state index contributed by atoms with van der Waals surface area (Å²) in [5.74, 6) is -1.57. The van der Waals surface area contributed by atoms with Crippen molar-refractivity contribution in [3.05, 3.63) is 109 Å². The smallest absolute Gasteiger partial charge is 0.463 e. The number of carbonyl (C=O) groups is 4. The van der Waals surface area contributed by atoms with Gasteiger partial charge in [-0.1, -0.05) is 278 Å². The number of phosphoric acid groups is 2. The number of esters is 3. The Morgan fingerprint density at radius 3 is 0.980 bits per heavy atom. The van der Waals surface area contributed by atoms with E-state index in [1.807, 2.05) is 18.2 Å². The van der Waals surface area contributed by atoms with Crippen molar-refractivity contribution in [2.45, 2.75) is 347 Å². The van der Waals surface area contributed by atoms with Gasteiger partial charge in [0.2, 0.25) is 0 Å². The minimum Gasteiger partial charge on any atom is -0.463 e. The van der Waals surface area contributed by atoms with Crippen molar-refractivity contribution in [1.82, 2.24) is 0 Å². The Morgan fingerprint density at radius 1 is 0.314 bits per heavy atom. The molecule has 588 valence electrons. The van der Waals surface area contributed by atoms with Gasteiger partial charge in [0.25, 0.3) is 0 Å². The summed E-state index contributed by atoms with van der Waals surface area (Å²) in [6.45, 7) is 3.36. The molecule has 0 saturated heterocycles. The first-order chi connectivity index (χ1) is 49.8. The predicted molar refractivity (Wildman–Crippen MR) is 418 cm³/mol. The lowest BCUT2D eigenvalue weighted by atomic mass is 10.0. The van der Waals surface area contributed by atoms with Crippen LogP contribution in [-0.4, -0.2) is 104 Å². The first-order valence-electron chi connectivity index (χ1n) is 40.1. The highest BCUT2D eigenvalue weighted by atomic mass is 31.2. The first-order valence-corrected chi connectivity index (χ1v) is 43.1. The fourth-order valence-corrected chi connectivity index (χ4v) is 12.2. The van der Waals surface area contributed by atoms with Crippen LogP contribution in [0.4, 0.5) is 0 Å². The van der Waals surface area contributed by atoms with E-state index in [0.717, 1.165) is 160 Å². The van der Waals surface area contributed by atoms with Crippen LogP contribution in [0, 0.1) is 0 Å². The van der Waals surface area contributed by atoms with Gasteiger partial charge in [0.1, 0.15) is 31.7 Å². The van der Waals surface area contributed by atoms with E-state index < -0.39 is 84.9 Å². The molecule has 3 N–H and O–H groups in total. The molecule has 0 radical (unpaired) electrons.